The number of carbonyl (C=O) groups is 2. The lowest BCUT2D eigenvalue weighted by Crippen LogP contribution is -2.25. The van der Waals surface area contributed by atoms with Gasteiger partial charge in [-0.3, -0.25) is 27.7 Å². The first-order chi connectivity index (χ1) is 30.8. The van der Waals surface area contributed by atoms with Gasteiger partial charge < -0.3 is 34.6 Å². The second kappa shape index (κ2) is 43.6. The van der Waals surface area contributed by atoms with E-state index in [0.717, 1.165) is 77.0 Å². The summed E-state index contributed by atoms with van der Waals surface area (Å²) in [4.78, 5) is 43.7. The average Bonchev–Trinajstić information content (AvgIpc) is 3.27. The van der Waals surface area contributed by atoms with Gasteiger partial charge in [-0.25, -0.2) is 9.13 Å². The van der Waals surface area contributed by atoms with Gasteiger partial charge in [-0.2, -0.15) is 0 Å². The molecule has 0 heterocycles. The van der Waals surface area contributed by atoms with Crippen LogP contribution < -0.4 is 0 Å². The normalized spacial score (nSPS) is 15.5. The van der Waals surface area contributed by atoms with E-state index >= 15 is 0 Å². The lowest BCUT2D eigenvalue weighted by Gasteiger charge is -2.19. The number of aliphatic hydroxyl groups is 3. The molecule has 0 bridgehead atoms. The van der Waals surface area contributed by atoms with Crippen molar-refractivity contribution in [3.05, 3.63) is 48.6 Å². The van der Waals surface area contributed by atoms with Gasteiger partial charge in [-0.15, -0.1) is 0 Å². The molecule has 5 N–H and O–H groups in total. The third kappa shape index (κ3) is 45.2. The zero-order valence-corrected chi connectivity index (χ0v) is 41.0. The second-order valence-corrected chi connectivity index (χ2v) is 19.0. The molecule has 0 aromatic rings. The monoisotopic (exact) mass is 953 g/mol. The van der Waals surface area contributed by atoms with E-state index in [9.17, 15) is 43.8 Å². The molecule has 0 spiro atoms. The number of phosphoric ester groups is 2. The van der Waals surface area contributed by atoms with Crippen LogP contribution in [0.5, 0.6) is 0 Å². The maximum Gasteiger partial charge on any atom is 0.472 e. The van der Waals surface area contributed by atoms with E-state index in [4.69, 9.17) is 9.47 Å². The first-order valence-corrected chi connectivity index (χ1v) is 27.0. The Morgan fingerprint density at radius 1 is 0.406 bits per heavy atom. The minimum absolute atomic E-state index is 0.170. The molecular formula is C47H86O15P2. The van der Waals surface area contributed by atoms with Gasteiger partial charge in [0.1, 0.15) is 31.5 Å². The predicted molar refractivity (Wildman–Crippen MR) is 251 cm³/mol. The van der Waals surface area contributed by atoms with Crippen molar-refractivity contribution in [1.29, 1.82) is 0 Å². The van der Waals surface area contributed by atoms with Crippen LogP contribution in [0.15, 0.2) is 48.6 Å². The van der Waals surface area contributed by atoms with Gasteiger partial charge in [0, 0.05) is 12.8 Å². The SMILES string of the molecule is CCCCC/C=C\C/C=C\C/C=C\CCCCCCC(=O)OCC(O)COP(=O)(O)OCC(O)COP(=O)(O)OCC(O)COC(=O)CCCCCCCCC/C=C\CCCCCC. The van der Waals surface area contributed by atoms with Gasteiger partial charge in [0.2, 0.25) is 0 Å². The molecule has 0 aliphatic heterocycles. The van der Waals surface area contributed by atoms with Crippen molar-refractivity contribution >= 4 is 27.6 Å². The van der Waals surface area contributed by atoms with Crippen LogP contribution >= 0.6 is 15.6 Å². The Balaban J connectivity index is 3.92. The zero-order chi connectivity index (χ0) is 47.4. The Kier molecular flexibility index (Phi) is 42.2. The first kappa shape index (κ1) is 62.0. The molecule has 0 saturated heterocycles. The van der Waals surface area contributed by atoms with Crippen LogP contribution in [0.25, 0.3) is 0 Å². The highest BCUT2D eigenvalue weighted by atomic mass is 31.2. The van der Waals surface area contributed by atoms with Gasteiger partial charge in [-0.05, 0) is 77.0 Å². The van der Waals surface area contributed by atoms with E-state index in [-0.39, 0.29) is 12.8 Å². The Morgan fingerprint density at radius 3 is 1.05 bits per heavy atom. The number of esters is 2. The molecule has 374 valence electrons. The largest absolute Gasteiger partial charge is 0.472 e. The van der Waals surface area contributed by atoms with Crippen LogP contribution in [0.2, 0.25) is 0 Å². The van der Waals surface area contributed by atoms with Crippen LogP contribution in [0, 0.1) is 0 Å². The molecule has 64 heavy (non-hydrogen) atoms. The number of carbonyl (C=O) groups excluding carboxylic acids is 2. The topological polar surface area (TPSA) is 225 Å². The lowest BCUT2D eigenvalue weighted by atomic mass is 10.1. The van der Waals surface area contributed by atoms with E-state index in [0.29, 0.717) is 12.8 Å². The molecule has 15 nitrogen and oxygen atoms in total. The molecule has 5 atom stereocenters. The minimum Gasteiger partial charge on any atom is -0.463 e. The molecular weight excluding hydrogens is 866 g/mol. The summed E-state index contributed by atoms with van der Waals surface area (Å²) in [6.45, 7) is 0.346. The number of allylic oxidation sites excluding steroid dienone is 8. The van der Waals surface area contributed by atoms with E-state index in [2.05, 4.69) is 80.6 Å². The summed E-state index contributed by atoms with van der Waals surface area (Å²) in [7, 11) is -9.58. The summed E-state index contributed by atoms with van der Waals surface area (Å²) in [5, 5.41) is 30.0. The third-order valence-electron chi connectivity index (χ3n) is 9.76. The summed E-state index contributed by atoms with van der Waals surface area (Å²) in [5.74, 6) is -1.02. The molecule has 0 fully saturated rings. The summed E-state index contributed by atoms with van der Waals surface area (Å²) in [6.07, 6.45) is 39.5. The second-order valence-electron chi connectivity index (χ2n) is 16.1. The molecule has 0 amide bonds. The van der Waals surface area contributed by atoms with Crippen LogP contribution in [0.3, 0.4) is 0 Å². The Labute approximate surface area is 385 Å². The standard InChI is InChI=1S/C47H86O15P2/c1-3-5-7-9-11-13-15-17-19-20-22-24-26-28-30-32-34-36-47(52)58-38-44(49)40-60-64(55,56)62-42-45(50)41-61-63(53,54)59-39-43(48)37-57-46(51)35-33-31-29-27-25-23-21-18-16-14-12-10-8-6-4-2/h11,13-14,16-17,19,22,24,43-45,48-50H,3-10,12,15,18,20-21,23,25-42H2,1-2H3,(H,53,54)(H,55,56)/b13-11-,16-14-,19-17-,24-22-. The highest BCUT2D eigenvalue weighted by molar-refractivity contribution is 7.47. The number of ether oxygens (including phenoxy) is 2. The van der Waals surface area contributed by atoms with E-state index in [1.807, 2.05) is 0 Å². The Bertz CT molecular complexity index is 1340. The molecule has 0 aromatic heterocycles. The molecule has 17 heteroatoms. The summed E-state index contributed by atoms with van der Waals surface area (Å²) < 4.78 is 53.0. The minimum atomic E-state index is -4.79. The van der Waals surface area contributed by atoms with E-state index in [1.165, 1.54) is 64.2 Å². The fraction of sp³-hybridized carbons (Fsp3) is 0.787. The van der Waals surface area contributed by atoms with Crippen LogP contribution in [0.4, 0.5) is 0 Å². The zero-order valence-electron chi connectivity index (χ0n) is 39.2. The molecule has 0 aromatic carbocycles. The van der Waals surface area contributed by atoms with Gasteiger partial charge in [0.05, 0.1) is 26.4 Å². The van der Waals surface area contributed by atoms with Gasteiger partial charge >= 0.3 is 27.6 Å². The molecule has 0 rings (SSSR count). The van der Waals surface area contributed by atoms with E-state index < -0.39 is 85.5 Å². The molecule has 5 unspecified atom stereocenters. The summed E-state index contributed by atoms with van der Waals surface area (Å²) >= 11 is 0. The van der Waals surface area contributed by atoms with Crippen molar-refractivity contribution in [3.8, 4) is 0 Å². The van der Waals surface area contributed by atoms with Gasteiger partial charge in [-0.1, -0.05) is 140 Å². The van der Waals surface area contributed by atoms with Crippen molar-refractivity contribution in [2.75, 3.05) is 39.6 Å². The third-order valence-corrected chi connectivity index (χ3v) is 11.7. The van der Waals surface area contributed by atoms with Crippen LogP contribution in [-0.4, -0.2) is 95.0 Å². The van der Waals surface area contributed by atoms with Crippen molar-refractivity contribution in [2.45, 2.75) is 199 Å². The average molecular weight is 953 g/mol. The van der Waals surface area contributed by atoms with Crippen molar-refractivity contribution < 1.29 is 71.4 Å². The smallest absolute Gasteiger partial charge is 0.463 e. The fourth-order valence-corrected chi connectivity index (χ4v) is 7.57. The number of hydrogen-bond donors (Lipinski definition) is 5. The quantitative estimate of drug-likeness (QED) is 0.0166. The maximum absolute atomic E-state index is 12.2. The maximum atomic E-state index is 12.2. The van der Waals surface area contributed by atoms with Crippen molar-refractivity contribution in [2.24, 2.45) is 0 Å². The van der Waals surface area contributed by atoms with E-state index in [1.54, 1.807) is 0 Å². The molecule has 0 aliphatic carbocycles. The molecule has 0 saturated carbocycles. The number of rotatable bonds is 46. The van der Waals surface area contributed by atoms with Crippen LogP contribution in [-0.2, 0) is 46.3 Å². The lowest BCUT2D eigenvalue weighted by molar-refractivity contribution is -0.148. The first-order valence-electron chi connectivity index (χ1n) is 24.0. The summed E-state index contributed by atoms with van der Waals surface area (Å²) in [6, 6.07) is 0. The molecule has 0 radical (unpaired) electrons. The number of hydrogen-bond acceptors (Lipinski definition) is 13. The van der Waals surface area contributed by atoms with Gasteiger partial charge in [0.15, 0.2) is 0 Å². The predicted octanol–water partition coefficient (Wildman–Crippen LogP) is 10.8. The summed E-state index contributed by atoms with van der Waals surface area (Å²) in [5.41, 5.74) is 0. The number of phosphoric acid groups is 2. The van der Waals surface area contributed by atoms with Gasteiger partial charge in [0.25, 0.3) is 0 Å². The highest BCUT2D eigenvalue weighted by Gasteiger charge is 2.28. The van der Waals surface area contributed by atoms with Crippen molar-refractivity contribution in [1.82, 2.24) is 0 Å². The fourth-order valence-electron chi connectivity index (χ4n) is 5.98. The Hall–Kier alpha value is -2.00. The van der Waals surface area contributed by atoms with Crippen molar-refractivity contribution in [3.63, 3.8) is 0 Å². The number of aliphatic hydroxyl groups excluding tert-OH is 3. The molecule has 0 aliphatic rings. The number of unbranched alkanes of at least 4 members (excludes halogenated alkanes) is 18. The Morgan fingerprint density at radius 2 is 0.672 bits per heavy atom. The highest BCUT2D eigenvalue weighted by Crippen LogP contribution is 2.45. The van der Waals surface area contributed by atoms with Crippen LogP contribution in [0.1, 0.15) is 181 Å².